The number of hydrogen-bond acceptors (Lipinski definition) is 3. The van der Waals surface area contributed by atoms with E-state index in [-0.39, 0.29) is 11.9 Å². The lowest BCUT2D eigenvalue weighted by Crippen LogP contribution is -2.40. The average Bonchev–Trinajstić information content (AvgIpc) is 3.22. The molecule has 0 bridgehead atoms. The van der Waals surface area contributed by atoms with E-state index in [2.05, 4.69) is 5.32 Å². The molecule has 2 unspecified atom stereocenters. The van der Waals surface area contributed by atoms with E-state index >= 15 is 0 Å². The van der Waals surface area contributed by atoms with Gasteiger partial charge in [0.2, 0.25) is 0 Å². The molecule has 4 heteroatoms. The normalized spacial score (nSPS) is 18.1. The Morgan fingerprint density at radius 2 is 2.11 bits per heavy atom. The van der Waals surface area contributed by atoms with Crippen LogP contribution < -0.4 is 11.1 Å². The third-order valence-corrected chi connectivity index (χ3v) is 3.32. The molecule has 2 rings (SSSR count). The van der Waals surface area contributed by atoms with Gasteiger partial charge in [0.05, 0.1) is 0 Å². The van der Waals surface area contributed by atoms with Crippen molar-refractivity contribution < 1.29 is 9.53 Å². The molecule has 1 amide bonds. The number of carbonyl (C=O) groups is 1. The van der Waals surface area contributed by atoms with Crippen molar-refractivity contribution in [3.8, 4) is 0 Å². The topological polar surface area (TPSA) is 64.3 Å². The maximum atomic E-state index is 12.0. The highest BCUT2D eigenvalue weighted by Gasteiger charge is 2.29. The largest absolute Gasteiger partial charge is 0.367 e. The molecule has 0 radical (unpaired) electrons. The van der Waals surface area contributed by atoms with Gasteiger partial charge in [-0.1, -0.05) is 30.3 Å². The van der Waals surface area contributed by atoms with Crippen LogP contribution in [0.3, 0.4) is 0 Å². The standard InChI is InChI=1S/C14H20N2O2/c1-18-13(11-5-3-2-4-6-11)14(17)16-9-12(15)10-7-8-10/h2-6,10,12-13H,7-9,15H2,1H3,(H,16,17). The summed E-state index contributed by atoms with van der Waals surface area (Å²) in [4.78, 5) is 12.0. The van der Waals surface area contributed by atoms with E-state index in [9.17, 15) is 4.79 Å². The number of carbonyl (C=O) groups excluding carboxylic acids is 1. The lowest BCUT2D eigenvalue weighted by atomic mass is 10.1. The second kappa shape index (κ2) is 5.98. The number of hydrogen-bond donors (Lipinski definition) is 2. The van der Waals surface area contributed by atoms with E-state index in [1.165, 1.54) is 20.0 Å². The maximum Gasteiger partial charge on any atom is 0.253 e. The average molecular weight is 248 g/mol. The predicted molar refractivity (Wildman–Crippen MR) is 69.9 cm³/mol. The molecular weight excluding hydrogens is 228 g/mol. The summed E-state index contributed by atoms with van der Waals surface area (Å²) in [7, 11) is 1.54. The Kier molecular flexibility index (Phi) is 4.33. The summed E-state index contributed by atoms with van der Waals surface area (Å²) in [5.41, 5.74) is 6.81. The van der Waals surface area contributed by atoms with Crippen LogP contribution in [-0.4, -0.2) is 25.6 Å². The van der Waals surface area contributed by atoms with Gasteiger partial charge in [0.15, 0.2) is 6.10 Å². The Morgan fingerprint density at radius 1 is 1.44 bits per heavy atom. The van der Waals surface area contributed by atoms with E-state index < -0.39 is 6.10 Å². The third-order valence-electron chi connectivity index (χ3n) is 3.32. The molecule has 1 aliphatic carbocycles. The van der Waals surface area contributed by atoms with Crippen molar-refractivity contribution >= 4 is 5.91 Å². The zero-order valence-electron chi connectivity index (χ0n) is 10.6. The van der Waals surface area contributed by atoms with Gasteiger partial charge in [-0.15, -0.1) is 0 Å². The first-order chi connectivity index (χ1) is 8.72. The fourth-order valence-electron chi connectivity index (χ4n) is 2.02. The Hall–Kier alpha value is -1.39. The summed E-state index contributed by atoms with van der Waals surface area (Å²) in [6.07, 6.45) is 1.81. The first kappa shape index (κ1) is 13.1. The van der Waals surface area contributed by atoms with Crippen LogP contribution in [0.5, 0.6) is 0 Å². The van der Waals surface area contributed by atoms with Crippen molar-refractivity contribution in [2.75, 3.05) is 13.7 Å². The Balaban J connectivity index is 1.89. The molecule has 1 saturated carbocycles. The molecule has 2 atom stereocenters. The lowest BCUT2D eigenvalue weighted by molar-refractivity contribution is -0.131. The van der Waals surface area contributed by atoms with Crippen LogP contribution in [0, 0.1) is 5.92 Å². The number of ether oxygens (including phenoxy) is 1. The Labute approximate surface area is 108 Å². The van der Waals surface area contributed by atoms with E-state index in [0.29, 0.717) is 12.5 Å². The molecule has 1 aliphatic rings. The molecule has 0 aromatic heterocycles. The first-order valence-electron chi connectivity index (χ1n) is 6.33. The molecule has 18 heavy (non-hydrogen) atoms. The molecule has 3 N–H and O–H groups in total. The number of nitrogens with two attached hydrogens (primary N) is 1. The number of amides is 1. The summed E-state index contributed by atoms with van der Waals surface area (Å²) in [5.74, 6) is 0.461. The highest BCUT2D eigenvalue weighted by Crippen LogP contribution is 2.31. The highest BCUT2D eigenvalue weighted by atomic mass is 16.5. The smallest absolute Gasteiger partial charge is 0.253 e. The lowest BCUT2D eigenvalue weighted by Gasteiger charge is -2.17. The van der Waals surface area contributed by atoms with Gasteiger partial charge in [-0.3, -0.25) is 4.79 Å². The van der Waals surface area contributed by atoms with E-state index in [0.717, 1.165) is 5.56 Å². The molecule has 0 saturated heterocycles. The van der Waals surface area contributed by atoms with Crippen LogP contribution in [-0.2, 0) is 9.53 Å². The van der Waals surface area contributed by atoms with Crippen LogP contribution in [0.2, 0.25) is 0 Å². The van der Waals surface area contributed by atoms with Gasteiger partial charge in [-0.25, -0.2) is 0 Å². The minimum Gasteiger partial charge on any atom is -0.367 e. The van der Waals surface area contributed by atoms with Gasteiger partial charge >= 0.3 is 0 Å². The Morgan fingerprint density at radius 3 is 2.67 bits per heavy atom. The minimum absolute atomic E-state index is 0.0715. The van der Waals surface area contributed by atoms with Gasteiger partial charge in [0.25, 0.3) is 5.91 Å². The SMILES string of the molecule is COC(C(=O)NCC(N)C1CC1)c1ccccc1. The van der Waals surface area contributed by atoms with Crippen LogP contribution in [0.15, 0.2) is 30.3 Å². The van der Waals surface area contributed by atoms with E-state index in [4.69, 9.17) is 10.5 Å². The van der Waals surface area contributed by atoms with Gasteiger partial charge in [-0.05, 0) is 24.3 Å². The molecule has 1 aromatic rings. The first-order valence-corrected chi connectivity index (χ1v) is 6.33. The van der Waals surface area contributed by atoms with Crippen molar-refractivity contribution in [3.63, 3.8) is 0 Å². The van der Waals surface area contributed by atoms with Crippen molar-refractivity contribution in [2.45, 2.75) is 25.0 Å². The summed E-state index contributed by atoms with van der Waals surface area (Å²) in [5, 5.41) is 2.86. The van der Waals surface area contributed by atoms with Crippen molar-refractivity contribution in [1.82, 2.24) is 5.32 Å². The van der Waals surface area contributed by atoms with Gasteiger partial charge in [-0.2, -0.15) is 0 Å². The van der Waals surface area contributed by atoms with Crippen molar-refractivity contribution in [2.24, 2.45) is 11.7 Å². The molecule has 4 nitrogen and oxygen atoms in total. The van der Waals surface area contributed by atoms with E-state index in [1.54, 1.807) is 0 Å². The van der Waals surface area contributed by atoms with Gasteiger partial charge in [0, 0.05) is 19.7 Å². The molecule has 0 spiro atoms. The third kappa shape index (κ3) is 3.31. The van der Waals surface area contributed by atoms with Crippen LogP contribution in [0.25, 0.3) is 0 Å². The molecule has 1 aromatic carbocycles. The zero-order chi connectivity index (χ0) is 13.0. The molecule has 0 heterocycles. The second-order valence-electron chi connectivity index (χ2n) is 4.77. The van der Waals surface area contributed by atoms with Gasteiger partial charge in [0.1, 0.15) is 0 Å². The molecule has 0 aliphatic heterocycles. The fourth-order valence-corrected chi connectivity index (χ4v) is 2.02. The summed E-state index contributed by atoms with van der Waals surface area (Å²) < 4.78 is 5.25. The monoisotopic (exact) mass is 248 g/mol. The van der Waals surface area contributed by atoms with Crippen LogP contribution in [0.1, 0.15) is 24.5 Å². The van der Waals surface area contributed by atoms with Crippen molar-refractivity contribution in [1.29, 1.82) is 0 Å². The van der Waals surface area contributed by atoms with Crippen LogP contribution in [0.4, 0.5) is 0 Å². The quantitative estimate of drug-likeness (QED) is 0.795. The molecule has 98 valence electrons. The highest BCUT2D eigenvalue weighted by molar-refractivity contribution is 5.82. The minimum atomic E-state index is -0.558. The molecule has 1 fully saturated rings. The number of methoxy groups -OCH3 is 1. The fraction of sp³-hybridized carbons (Fsp3) is 0.500. The number of nitrogens with one attached hydrogen (secondary N) is 1. The predicted octanol–water partition coefficient (Wildman–Crippen LogP) is 1.23. The maximum absolute atomic E-state index is 12.0. The molecular formula is C14H20N2O2. The second-order valence-corrected chi connectivity index (χ2v) is 4.77. The summed E-state index contributed by atoms with van der Waals surface area (Å²) in [6.45, 7) is 0.524. The van der Waals surface area contributed by atoms with Crippen LogP contribution >= 0.6 is 0 Å². The Bertz CT molecular complexity index is 390. The van der Waals surface area contributed by atoms with E-state index in [1.807, 2.05) is 30.3 Å². The zero-order valence-corrected chi connectivity index (χ0v) is 10.6. The van der Waals surface area contributed by atoms with Crippen molar-refractivity contribution in [3.05, 3.63) is 35.9 Å². The van der Waals surface area contributed by atoms with Gasteiger partial charge < -0.3 is 15.8 Å². The number of rotatable bonds is 6. The summed E-state index contributed by atoms with van der Waals surface area (Å²) >= 11 is 0. The number of benzene rings is 1. The summed E-state index contributed by atoms with van der Waals surface area (Å²) in [6, 6.07) is 9.54.